The first-order valence-corrected chi connectivity index (χ1v) is 11.9. The van der Waals surface area contributed by atoms with Crippen LogP contribution in [0.25, 0.3) is 0 Å². The van der Waals surface area contributed by atoms with Crippen LogP contribution in [0.5, 0.6) is 17.4 Å². The summed E-state index contributed by atoms with van der Waals surface area (Å²) in [6.45, 7) is 10.4. The highest BCUT2D eigenvalue weighted by Crippen LogP contribution is 2.42. The largest absolute Gasteiger partial charge is 0.493 e. The number of esters is 1. The van der Waals surface area contributed by atoms with Crippen LogP contribution >= 0.6 is 0 Å². The average molecular weight is 483 g/mol. The molecule has 0 aliphatic carbocycles. The molecule has 2 aromatic heterocycles. The van der Waals surface area contributed by atoms with Crippen molar-refractivity contribution in [2.75, 3.05) is 27.9 Å². The van der Waals surface area contributed by atoms with E-state index in [4.69, 9.17) is 18.9 Å². The van der Waals surface area contributed by atoms with Gasteiger partial charge in [-0.15, -0.1) is 0 Å². The molecular formula is C28H38N2O5. The van der Waals surface area contributed by atoms with Crippen LogP contribution in [0.2, 0.25) is 0 Å². The summed E-state index contributed by atoms with van der Waals surface area (Å²) in [7, 11) is 4.55. The number of hydrogen-bond donors (Lipinski definition) is 0. The number of hydrogen-bond acceptors (Lipinski definition) is 7. The molecule has 0 saturated heterocycles. The van der Waals surface area contributed by atoms with Gasteiger partial charge in [-0.05, 0) is 47.9 Å². The summed E-state index contributed by atoms with van der Waals surface area (Å²) in [5.74, 6) is 0.329. The van der Waals surface area contributed by atoms with Crippen molar-refractivity contribution < 1.29 is 23.7 Å². The molecule has 3 rings (SSSR count). The normalized spacial score (nSPS) is 11.4. The third-order valence-corrected chi connectivity index (χ3v) is 5.03. The Bertz CT molecular complexity index is 994. The number of ether oxygens (including phenoxy) is 4. The van der Waals surface area contributed by atoms with Crippen molar-refractivity contribution in [1.82, 2.24) is 9.97 Å². The van der Waals surface area contributed by atoms with Crippen LogP contribution in [-0.4, -0.2) is 43.9 Å². The first-order chi connectivity index (χ1) is 17.1. The van der Waals surface area contributed by atoms with E-state index in [1.807, 2.05) is 71.0 Å². The van der Waals surface area contributed by atoms with Crippen molar-refractivity contribution in [3.63, 3.8) is 0 Å². The minimum atomic E-state index is -0.620. The third-order valence-electron chi connectivity index (χ3n) is 5.03. The maximum Gasteiger partial charge on any atom is 0.314 e. The van der Waals surface area contributed by atoms with E-state index in [2.05, 4.69) is 9.97 Å². The lowest BCUT2D eigenvalue weighted by Gasteiger charge is -2.27. The molecule has 0 amide bonds. The third kappa shape index (κ3) is 7.70. The predicted molar refractivity (Wildman–Crippen MR) is 138 cm³/mol. The van der Waals surface area contributed by atoms with Gasteiger partial charge in [0.1, 0.15) is 0 Å². The number of carbonyl (C=O) groups excluding carboxylic acids is 1. The summed E-state index contributed by atoms with van der Waals surface area (Å²) >= 11 is 0. The van der Waals surface area contributed by atoms with Gasteiger partial charge in [0, 0.05) is 30.6 Å². The summed E-state index contributed by atoms with van der Waals surface area (Å²) in [4.78, 5) is 21.5. The van der Waals surface area contributed by atoms with E-state index in [9.17, 15) is 4.79 Å². The molecule has 0 aliphatic rings. The van der Waals surface area contributed by atoms with Crippen molar-refractivity contribution in [1.29, 1.82) is 0 Å². The molecule has 35 heavy (non-hydrogen) atoms. The number of rotatable bonds is 9. The molecule has 2 heterocycles. The van der Waals surface area contributed by atoms with Gasteiger partial charge in [-0.2, -0.15) is 0 Å². The van der Waals surface area contributed by atoms with Gasteiger partial charge in [0.05, 0.1) is 33.9 Å². The smallest absolute Gasteiger partial charge is 0.314 e. The molecule has 0 bridgehead atoms. The lowest BCUT2D eigenvalue weighted by molar-refractivity contribution is -0.142. The molecule has 0 fully saturated rings. The maximum atomic E-state index is 13.0. The SMILES string of the molecule is CC.CC.CCOc1ccc(C(c2ccc(OC)c(OC)c2)C(C(=O)OC)c2ccncc2)cn1. The van der Waals surface area contributed by atoms with Crippen molar-refractivity contribution in [2.45, 2.75) is 46.5 Å². The zero-order chi connectivity index (χ0) is 26.2. The Balaban J connectivity index is 0.00000145. The second-order valence-electron chi connectivity index (χ2n) is 6.74. The van der Waals surface area contributed by atoms with E-state index in [1.54, 1.807) is 38.9 Å². The number of carbonyl (C=O) groups is 1. The number of nitrogens with zero attached hydrogens (tertiary/aromatic N) is 2. The number of benzene rings is 1. The molecule has 2 atom stereocenters. The fourth-order valence-corrected chi connectivity index (χ4v) is 3.59. The van der Waals surface area contributed by atoms with Crippen molar-refractivity contribution in [3.05, 3.63) is 77.7 Å². The molecule has 7 nitrogen and oxygen atoms in total. The predicted octanol–water partition coefficient (Wildman–Crippen LogP) is 6.03. The minimum Gasteiger partial charge on any atom is -0.493 e. The fourth-order valence-electron chi connectivity index (χ4n) is 3.59. The molecule has 0 radical (unpaired) electrons. The molecular weight excluding hydrogens is 444 g/mol. The molecule has 190 valence electrons. The summed E-state index contributed by atoms with van der Waals surface area (Å²) in [5, 5.41) is 0. The number of methoxy groups -OCH3 is 3. The van der Waals surface area contributed by atoms with Crippen molar-refractivity contribution in [3.8, 4) is 17.4 Å². The highest BCUT2D eigenvalue weighted by Gasteiger charge is 2.34. The van der Waals surface area contributed by atoms with Gasteiger partial charge in [-0.25, -0.2) is 4.98 Å². The molecule has 0 saturated carbocycles. The van der Waals surface area contributed by atoms with Crippen LogP contribution in [0.3, 0.4) is 0 Å². The maximum absolute atomic E-state index is 13.0. The monoisotopic (exact) mass is 482 g/mol. The van der Waals surface area contributed by atoms with Gasteiger partial charge in [0.25, 0.3) is 0 Å². The molecule has 1 aromatic carbocycles. The standard InChI is InChI=1S/C24H26N2O5.2C2H6/c1-5-31-21-9-7-18(15-26-21)22(17-6-8-19(28-2)20(14-17)29-3)23(24(27)30-4)16-10-12-25-13-11-16;2*1-2/h6-15,22-23H,5H2,1-4H3;2*1-2H3. The van der Waals surface area contributed by atoms with Crippen LogP contribution in [0.15, 0.2) is 61.1 Å². The topological polar surface area (TPSA) is 79.8 Å². The van der Waals surface area contributed by atoms with Gasteiger partial charge in [0.15, 0.2) is 11.5 Å². The lowest BCUT2D eigenvalue weighted by atomic mass is 9.77. The Labute approximate surface area is 209 Å². The van der Waals surface area contributed by atoms with Crippen LogP contribution in [0, 0.1) is 0 Å². The molecule has 2 unspecified atom stereocenters. The Morgan fingerprint density at radius 1 is 0.829 bits per heavy atom. The van der Waals surface area contributed by atoms with Gasteiger partial charge in [-0.1, -0.05) is 39.8 Å². The number of aromatic nitrogens is 2. The van der Waals surface area contributed by atoms with E-state index >= 15 is 0 Å². The Morgan fingerprint density at radius 2 is 1.46 bits per heavy atom. The van der Waals surface area contributed by atoms with Gasteiger partial charge in [0.2, 0.25) is 5.88 Å². The Hall–Kier alpha value is -3.61. The molecule has 0 spiro atoms. The fraction of sp³-hybridized carbons (Fsp3) is 0.393. The van der Waals surface area contributed by atoms with Crippen LogP contribution in [0.1, 0.15) is 63.1 Å². The first kappa shape index (κ1) is 29.4. The van der Waals surface area contributed by atoms with Crippen LogP contribution < -0.4 is 14.2 Å². The number of pyridine rings is 2. The van der Waals surface area contributed by atoms with Gasteiger partial charge in [-0.3, -0.25) is 9.78 Å². The molecule has 7 heteroatoms. The zero-order valence-electron chi connectivity index (χ0n) is 22.1. The second kappa shape index (κ2) is 16.1. The average Bonchev–Trinajstić information content (AvgIpc) is 2.94. The van der Waals surface area contributed by atoms with E-state index < -0.39 is 11.8 Å². The Kier molecular flexibility index (Phi) is 13.5. The van der Waals surface area contributed by atoms with Crippen molar-refractivity contribution in [2.24, 2.45) is 0 Å². The molecule has 3 aromatic rings. The van der Waals surface area contributed by atoms with Crippen molar-refractivity contribution >= 4 is 5.97 Å². The van der Waals surface area contributed by atoms with E-state index in [0.29, 0.717) is 24.0 Å². The molecule has 0 N–H and O–H groups in total. The van der Waals surface area contributed by atoms with Crippen LogP contribution in [0.4, 0.5) is 0 Å². The van der Waals surface area contributed by atoms with E-state index in [-0.39, 0.29) is 5.97 Å². The minimum absolute atomic E-state index is 0.361. The summed E-state index contributed by atoms with van der Waals surface area (Å²) in [6.07, 6.45) is 5.05. The lowest BCUT2D eigenvalue weighted by Crippen LogP contribution is -2.23. The van der Waals surface area contributed by atoms with Gasteiger partial charge >= 0.3 is 5.97 Å². The first-order valence-electron chi connectivity index (χ1n) is 11.9. The second-order valence-corrected chi connectivity index (χ2v) is 6.74. The quantitative estimate of drug-likeness (QED) is 0.344. The Morgan fingerprint density at radius 3 is 1.97 bits per heavy atom. The summed E-state index contributed by atoms with van der Waals surface area (Å²) < 4.78 is 21.6. The highest BCUT2D eigenvalue weighted by atomic mass is 16.5. The van der Waals surface area contributed by atoms with E-state index in [0.717, 1.165) is 16.7 Å². The zero-order valence-corrected chi connectivity index (χ0v) is 22.1. The van der Waals surface area contributed by atoms with E-state index in [1.165, 1.54) is 7.11 Å². The summed E-state index contributed by atoms with van der Waals surface area (Å²) in [5.41, 5.74) is 2.48. The highest BCUT2D eigenvalue weighted by molar-refractivity contribution is 5.80. The van der Waals surface area contributed by atoms with Crippen LogP contribution in [-0.2, 0) is 9.53 Å². The molecule has 0 aliphatic heterocycles. The summed E-state index contributed by atoms with van der Waals surface area (Å²) in [6, 6.07) is 13.0. The van der Waals surface area contributed by atoms with Gasteiger partial charge < -0.3 is 18.9 Å².